The van der Waals surface area contributed by atoms with Crippen LogP contribution in [-0.2, 0) is 0 Å². The summed E-state index contributed by atoms with van der Waals surface area (Å²) in [6.45, 7) is 1.83. The summed E-state index contributed by atoms with van der Waals surface area (Å²) in [5.74, 6) is -0.112. The second-order valence-corrected chi connectivity index (χ2v) is 6.56. The van der Waals surface area contributed by atoms with E-state index in [1.165, 1.54) is 70.6 Å². The number of hydrogen-bond donors (Lipinski definition) is 1. The molecular weight excluding hydrogens is 261 g/mol. The summed E-state index contributed by atoms with van der Waals surface area (Å²) in [6, 6.07) is 5.94. The number of anilines is 1. The van der Waals surface area contributed by atoms with E-state index >= 15 is 0 Å². The van der Waals surface area contributed by atoms with E-state index in [2.05, 4.69) is 5.32 Å². The summed E-state index contributed by atoms with van der Waals surface area (Å²) in [5.41, 5.74) is 1.80. The Hall–Kier alpha value is -1.05. The molecule has 0 heterocycles. The Morgan fingerprint density at radius 3 is 1.90 bits per heavy atom. The molecule has 1 aromatic carbocycles. The third kappa shape index (κ3) is 6.07. The monoisotopic (exact) mass is 291 g/mol. The second kappa shape index (κ2) is 9.07. The zero-order valence-corrected chi connectivity index (χ0v) is 13.5. The molecule has 1 fully saturated rings. The predicted octanol–water partition coefficient (Wildman–Crippen LogP) is 6.22. The minimum absolute atomic E-state index is 0.112. The van der Waals surface area contributed by atoms with Crippen molar-refractivity contribution in [3.05, 3.63) is 29.6 Å². The first-order valence-corrected chi connectivity index (χ1v) is 8.78. The normalized spacial score (nSPS) is 19.5. The van der Waals surface area contributed by atoms with Crippen molar-refractivity contribution in [1.29, 1.82) is 0 Å². The van der Waals surface area contributed by atoms with Crippen molar-refractivity contribution in [2.75, 3.05) is 5.32 Å². The smallest absolute Gasteiger partial charge is 0.126 e. The van der Waals surface area contributed by atoms with Crippen molar-refractivity contribution in [3.63, 3.8) is 0 Å². The molecule has 0 unspecified atom stereocenters. The van der Waals surface area contributed by atoms with Gasteiger partial charge in [-0.05, 0) is 43.5 Å². The summed E-state index contributed by atoms with van der Waals surface area (Å²) in [5, 5.41) is 3.63. The second-order valence-electron chi connectivity index (χ2n) is 6.56. The Morgan fingerprint density at radius 2 is 1.38 bits per heavy atom. The van der Waals surface area contributed by atoms with Gasteiger partial charge in [-0.25, -0.2) is 4.39 Å². The molecule has 21 heavy (non-hydrogen) atoms. The lowest BCUT2D eigenvalue weighted by molar-refractivity contribution is 0.480. The van der Waals surface area contributed by atoms with Crippen molar-refractivity contribution in [2.45, 2.75) is 83.6 Å². The minimum atomic E-state index is -0.112. The first-order chi connectivity index (χ1) is 10.3. The van der Waals surface area contributed by atoms with Gasteiger partial charge < -0.3 is 5.32 Å². The molecule has 0 aromatic heterocycles. The summed E-state index contributed by atoms with van der Waals surface area (Å²) in [4.78, 5) is 0. The van der Waals surface area contributed by atoms with Crippen LogP contribution in [0.15, 0.2) is 18.2 Å². The fourth-order valence-corrected chi connectivity index (χ4v) is 3.28. The maximum absolute atomic E-state index is 13.4. The predicted molar refractivity (Wildman–Crippen MR) is 89.3 cm³/mol. The van der Waals surface area contributed by atoms with Crippen LogP contribution >= 0.6 is 0 Å². The zero-order valence-electron chi connectivity index (χ0n) is 13.5. The Balaban J connectivity index is 1.88. The van der Waals surface area contributed by atoms with Crippen LogP contribution in [0.1, 0.15) is 76.2 Å². The number of nitrogens with one attached hydrogen (secondary N) is 1. The van der Waals surface area contributed by atoms with E-state index in [1.807, 2.05) is 19.1 Å². The first-order valence-electron chi connectivity index (χ1n) is 8.78. The van der Waals surface area contributed by atoms with E-state index < -0.39 is 0 Å². The third-order valence-electron chi connectivity index (χ3n) is 4.63. The van der Waals surface area contributed by atoms with Gasteiger partial charge in [0.2, 0.25) is 0 Å². The van der Waals surface area contributed by atoms with Gasteiger partial charge in [-0.1, -0.05) is 57.8 Å². The van der Waals surface area contributed by atoms with Crippen LogP contribution in [0, 0.1) is 12.7 Å². The maximum atomic E-state index is 13.4. The highest BCUT2D eigenvalue weighted by molar-refractivity contribution is 5.46. The maximum Gasteiger partial charge on any atom is 0.126 e. The van der Waals surface area contributed by atoms with Gasteiger partial charge in [0.15, 0.2) is 0 Å². The van der Waals surface area contributed by atoms with Gasteiger partial charge in [0, 0.05) is 11.7 Å². The number of halogens is 1. The molecular formula is C19H30FN. The minimum Gasteiger partial charge on any atom is -0.382 e. The van der Waals surface area contributed by atoms with E-state index in [0.717, 1.165) is 11.3 Å². The average molecular weight is 291 g/mol. The van der Waals surface area contributed by atoms with Gasteiger partial charge in [-0.15, -0.1) is 0 Å². The number of hydrogen-bond acceptors (Lipinski definition) is 1. The van der Waals surface area contributed by atoms with E-state index in [-0.39, 0.29) is 5.82 Å². The van der Waals surface area contributed by atoms with Gasteiger partial charge in [0.05, 0.1) is 0 Å². The summed E-state index contributed by atoms with van der Waals surface area (Å²) >= 11 is 0. The van der Waals surface area contributed by atoms with E-state index in [1.54, 1.807) is 6.07 Å². The molecule has 0 saturated heterocycles. The Bertz CT molecular complexity index is 404. The summed E-state index contributed by atoms with van der Waals surface area (Å²) < 4.78 is 13.4. The molecule has 2 heteroatoms. The lowest BCUT2D eigenvalue weighted by Crippen LogP contribution is -2.19. The molecule has 1 aromatic rings. The SMILES string of the molecule is Cc1cc(NC2CCCCCCCCCCC2)ccc1F. The van der Waals surface area contributed by atoms with E-state index in [9.17, 15) is 4.39 Å². The van der Waals surface area contributed by atoms with Crippen LogP contribution in [0.25, 0.3) is 0 Å². The van der Waals surface area contributed by atoms with E-state index in [4.69, 9.17) is 0 Å². The highest BCUT2D eigenvalue weighted by Crippen LogP contribution is 2.21. The van der Waals surface area contributed by atoms with Crippen LogP contribution in [0.3, 0.4) is 0 Å². The van der Waals surface area contributed by atoms with Crippen molar-refractivity contribution in [3.8, 4) is 0 Å². The molecule has 1 N–H and O–H groups in total. The number of aryl methyl sites for hydroxylation is 1. The summed E-state index contributed by atoms with van der Waals surface area (Å²) in [7, 11) is 0. The molecule has 1 aliphatic rings. The Kier molecular flexibility index (Phi) is 7.05. The molecule has 1 saturated carbocycles. The average Bonchev–Trinajstić information content (AvgIpc) is 2.46. The molecule has 118 valence electrons. The number of benzene rings is 1. The molecule has 0 aliphatic heterocycles. The van der Waals surface area contributed by atoms with E-state index in [0.29, 0.717) is 6.04 Å². The summed E-state index contributed by atoms with van der Waals surface area (Å²) in [6.07, 6.45) is 14.9. The van der Waals surface area contributed by atoms with Crippen molar-refractivity contribution in [2.24, 2.45) is 0 Å². The molecule has 0 radical (unpaired) electrons. The highest BCUT2D eigenvalue weighted by atomic mass is 19.1. The molecule has 0 spiro atoms. The Morgan fingerprint density at radius 1 is 0.857 bits per heavy atom. The van der Waals surface area contributed by atoms with Gasteiger partial charge in [-0.3, -0.25) is 0 Å². The van der Waals surface area contributed by atoms with Gasteiger partial charge in [-0.2, -0.15) is 0 Å². The highest BCUT2D eigenvalue weighted by Gasteiger charge is 2.10. The quantitative estimate of drug-likeness (QED) is 0.682. The van der Waals surface area contributed by atoms with Crippen molar-refractivity contribution < 1.29 is 4.39 Å². The Labute approximate surface area is 129 Å². The number of rotatable bonds is 2. The van der Waals surface area contributed by atoms with Gasteiger partial charge in [0.25, 0.3) is 0 Å². The van der Waals surface area contributed by atoms with Crippen LogP contribution in [-0.4, -0.2) is 6.04 Å². The van der Waals surface area contributed by atoms with Crippen LogP contribution in [0.4, 0.5) is 10.1 Å². The molecule has 1 nitrogen and oxygen atoms in total. The molecule has 0 amide bonds. The van der Waals surface area contributed by atoms with Crippen molar-refractivity contribution >= 4 is 5.69 Å². The van der Waals surface area contributed by atoms with Gasteiger partial charge in [0.1, 0.15) is 5.82 Å². The molecule has 2 rings (SSSR count). The van der Waals surface area contributed by atoms with Gasteiger partial charge >= 0.3 is 0 Å². The fourth-order valence-electron chi connectivity index (χ4n) is 3.28. The largest absolute Gasteiger partial charge is 0.382 e. The zero-order chi connectivity index (χ0) is 14.9. The van der Waals surface area contributed by atoms with Crippen LogP contribution in [0.5, 0.6) is 0 Å². The molecule has 1 aliphatic carbocycles. The third-order valence-corrected chi connectivity index (χ3v) is 4.63. The van der Waals surface area contributed by atoms with Crippen LogP contribution in [0.2, 0.25) is 0 Å². The topological polar surface area (TPSA) is 12.0 Å². The molecule has 0 atom stereocenters. The fraction of sp³-hybridized carbons (Fsp3) is 0.684. The lowest BCUT2D eigenvalue weighted by Gasteiger charge is -2.21. The standard InChI is InChI=1S/C19H30FN/c1-16-15-18(13-14-19(16)20)21-17-11-9-7-5-3-2-4-6-8-10-12-17/h13-15,17,21H,2-12H2,1H3. The first kappa shape index (κ1) is 16.3. The molecule has 0 bridgehead atoms. The lowest BCUT2D eigenvalue weighted by atomic mass is 9.97. The van der Waals surface area contributed by atoms with Crippen LogP contribution < -0.4 is 5.32 Å². The van der Waals surface area contributed by atoms with Crippen molar-refractivity contribution in [1.82, 2.24) is 0 Å².